The standard InChI is InChI=1S/C14H26N4O2/c1-4-7-15-13(10-12-11-18(2)17-16-12)14(19-3)5-8-20-9-6-14/h11,13,15H,4-10H2,1-3H3. The highest BCUT2D eigenvalue weighted by molar-refractivity contribution is 5.04. The van der Waals surface area contributed by atoms with Crippen LogP contribution < -0.4 is 5.32 Å². The number of nitrogens with zero attached hydrogens (tertiary/aromatic N) is 3. The van der Waals surface area contributed by atoms with Gasteiger partial charge in [0.2, 0.25) is 0 Å². The Kier molecular flexibility index (Phi) is 5.51. The summed E-state index contributed by atoms with van der Waals surface area (Å²) in [4.78, 5) is 0. The van der Waals surface area contributed by atoms with Crippen molar-refractivity contribution in [1.29, 1.82) is 0 Å². The molecular formula is C14H26N4O2. The quantitative estimate of drug-likeness (QED) is 0.806. The minimum atomic E-state index is -0.162. The van der Waals surface area contributed by atoms with E-state index in [1.165, 1.54) is 0 Å². The molecule has 6 nitrogen and oxygen atoms in total. The highest BCUT2D eigenvalue weighted by Crippen LogP contribution is 2.30. The maximum atomic E-state index is 5.92. The molecular weight excluding hydrogens is 256 g/mol. The van der Waals surface area contributed by atoms with E-state index < -0.39 is 0 Å². The molecule has 1 aliphatic rings. The van der Waals surface area contributed by atoms with Crippen LogP contribution in [0, 0.1) is 0 Å². The lowest BCUT2D eigenvalue weighted by Crippen LogP contribution is -2.56. The van der Waals surface area contributed by atoms with Crippen LogP contribution in [-0.2, 0) is 22.9 Å². The maximum absolute atomic E-state index is 5.92. The molecule has 1 N–H and O–H groups in total. The molecule has 114 valence electrons. The number of hydrogen-bond donors (Lipinski definition) is 1. The van der Waals surface area contributed by atoms with Crippen molar-refractivity contribution >= 4 is 0 Å². The van der Waals surface area contributed by atoms with E-state index in [1.54, 1.807) is 4.68 Å². The second-order valence-electron chi connectivity index (χ2n) is 5.48. The highest BCUT2D eigenvalue weighted by atomic mass is 16.5. The summed E-state index contributed by atoms with van der Waals surface area (Å²) in [5.41, 5.74) is 0.842. The third-order valence-corrected chi connectivity index (χ3v) is 4.08. The minimum absolute atomic E-state index is 0.162. The van der Waals surface area contributed by atoms with E-state index in [1.807, 2.05) is 20.4 Å². The maximum Gasteiger partial charge on any atom is 0.0878 e. The van der Waals surface area contributed by atoms with Gasteiger partial charge in [0.05, 0.1) is 11.3 Å². The van der Waals surface area contributed by atoms with E-state index in [9.17, 15) is 0 Å². The second kappa shape index (κ2) is 7.15. The molecule has 1 aromatic rings. The van der Waals surface area contributed by atoms with E-state index in [-0.39, 0.29) is 11.6 Å². The van der Waals surface area contributed by atoms with Crippen molar-refractivity contribution in [2.24, 2.45) is 7.05 Å². The van der Waals surface area contributed by atoms with Crippen LogP contribution >= 0.6 is 0 Å². The molecule has 2 rings (SSSR count). The first kappa shape index (κ1) is 15.4. The largest absolute Gasteiger partial charge is 0.381 e. The van der Waals surface area contributed by atoms with Gasteiger partial charge in [0, 0.05) is 58.9 Å². The average molecular weight is 282 g/mol. The van der Waals surface area contributed by atoms with E-state index in [4.69, 9.17) is 9.47 Å². The highest BCUT2D eigenvalue weighted by Gasteiger charge is 2.40. The van der Waals surface area contributed by atoms with Crippen LogP contribution in [0.25, 0.3) is 0 Å². The fourth-order valence-electron chi connectivity index (χ4n) is 2.87. The van der Waals surface area contributed by atoms with Gasteiger partial charge in [0.1, 0.15) is 0 Å². The molecule has 0 spiro atoms. The fourth-order valence-corrected chi connectivity index (χ4v) is 2.87. The summed E-state index contributed by atoms with van der Waals surface area (Å²) in [5.74, 6) is 0. The van der Waals surface area contributed by atoms with E-state index in [0.717, 1.165) is 51.1 Å². The molecule has 2 heterocycles. The Morgan fingerprint density at radius 3 is 2.80 bits per heavy atom. The smallest absolute Gasteiger partial charge is 0.0878 e. The Morgan fingerprint density at radius 1 is 1.50 bits per heavy atom. The third kappa shape index (κ3) is 3.56. The molecule has 0 aromatic carbocycles. The number of ether oxygens (including phenoxy) is 2. The van der Waals surface area contributed by atoms with Gasteiger partial charge < -0.3 is 14.8 Å². The topological polar surface area (TPSA) is 61.2 Å². The lowest BCUT2D eigenvalue weighted by atomic mass is 9.83. The minimum Gasteiger partial charge on any atom is -0.381 e. The molecule has 1 aromatic heterocycles. The van der Waals surface area contributed by atoms with Crippen molar-refractivity contribution < 1.29 is 9.47 Å². The molecule has 1 saturated heterocycles. The lowest BCUT2D eigenvalue weighted by Gasteiger charge is -2.42. The summed E-state index contributed by atoms with van der Waals surface area (Å²) < 4.78 is 13.2. The summed E-state index contributed by atoms with van der Waals surface area (Å²) in [7, 11) is 3.70. The van der Waals surface area contributed by atoms with Gasteiger partial charge in [-0.05, 0) is 13.0 Å². The summed E-state index contributed by atoms with van der Waals surface area (Å²) in [6, 6.07) is 0.244. The van der Waals surface area contributed by atoms with Gasteiger partial charge in [-0.25, -0.2) is 0 Å². The Bertz CT molecular complexity index is 402. The van der Waals surface area contributed by atoms with Crippen LogP contribution in [0.1, 0.15) is 31.9 Å². The molecule has 0 aliphatic carbocycles. The first-order valence-electron chi connectivity index (χ1n) is 7.41. The molecule has 1 atom stereocenters. The van der Waals surface area contributed by atoms with Gasteiger partial charge >= 0.3 is 0 Å². The number of hydrogen-bond acceptors (Lipinski definition) is 5. The fraction of sp³-hybridized carbons (Fsp3) is 0.857. The normalized spacial score (nSPS) is 19.9. The number of aryl methyl sites for hydroxylation is 1. The monoisotopic (exact) mass is 282 g/mol. The summed E-state index contributed by atoms with van der Waals surface area (Å²) in [5, 5.41) is 11.9. The molecule has 0 bridgehead atoms. The molecule has 0 radical (unpaired) electrons. The van der Waals surface area contributed by atoms with Gasteiger partial charge in [0.15, 0.2) is 0 Å². The van der Waals surface area contributed by atoms with Crippen molar-refractivity contribution in [1.82, 2.24) is 20.3 Å². The zero-order valence-corrected chi connectivity index (χ0v) is 12.8. The molecule has 1 unspecified atom stereocenters. The predicted molar refractivity (Wildman–Crippen MR) is 76.6 cm³/mol. The molecule has 6 heteroatoms. The first-order chi connectivity index (χ1) is 9.70. The first-order valence-corrected chi connectivity index (χ1v) is 7.41. The zero-order valence-electron chi connectivity index (χ0n) is 12.8. The Hall–Kier alpha value is -0.980. The SMILES string of the molecule is CCCNC(Cc1cn(C)nn1)C1(OC)CCOCC1. The van der Waals surface area contributed by atoms with Crippen LogP contribution in [-0.4, -0.2) is 53.5 Å². The average Bonchev–Trinajstić information content (AvgIpc) is 2.89. The van der Waals surface area contributed by atoms with Crippen molar-refractivity contribution in [3.8, 4) is 0 Å². The van der Waals surface area contributed by atoms with Crippen molar-refractivity contribution in [2.45, 2.75) is 44.2 Å². The molecule has 1 fully saturated rings. The molecule has 0 saturated carbocycles. The Balaban J connectivity index is 2.11. The summed E-state index contributed by atoms with van der Waals surface area (Å²) in [6.45, 7) is 4.68. The number of methoxy groups -OCH3 is 1. The van der Waals surface area contributed by atoms with Gasteiger partial charge in [-0.1, -0.05) is 12.1 Å². The molecule has 1 aliphatic heterocycles. The van der Waals surface area contributed by atoms with E-state index in [2.05, 4.69) is 22.6 Å². The lowest BCUT2D eigenvalue weighted by molar-refractivity contribution is -0.110. The van der Waals surface area contributed by atoms with Crippen LogP contribution in [0.4, 0.5) is 0 Å². The third-order valence-electron chi connectivity index (χ3n) is 4.08. The Labute approximate surface area is 120 Å². The van der Waals surface area contributed by atoms with Gasteiger partial charge in [-0.2, -0.15) is 0 Å². The van der Waals surface area contributed by atoms with Gasteiger partial charge in [-0.15, -0.1) is 5.10 Å². The van der Waals surface area contributed by atoms with E-state index in [0.29, 0.717) is 0 Å². The number of rotatable bonds is 7. The number of aromatic nitrogens is 3. The van der Waals surface area contributed by atoms with Gasteiger partial charge in [0.25, 0.3) is 0 Å². The van der Waals surface area contributed by atoms with Gasteiger partial charge in [-0.3, -0.25) is 4.68 Å². The zero-order chi connectivity index (χ0) is 14.4. The summed E-state index contributed by atoms with van der Waals surface area (Å²) in [6.07, 6.45) is 5.76. The molecule has 0 amide bonds. The van der Waals surface area contributed by atoms with Crippen LogP contribution in [0.5, 0.6) is 0 Å². The van der Waals surface area contributed by atoms with E-state index >= 15 is 0 Å². The number of nitrogens with one attached hydrogen (secondary N) is 1. The van der Waals surface area contributed by atoms with Crippen LogP contribution in [0.2, 0.25) is 0 Å². The second-order valence-corrected chi connectivity index (χ2v) is 5.48. The van der Waals surface area contributed by atoms with Crippen molar-refractivity contribution in [3.63, 3.8) is 0 Å². The Morgan fingerprint density at radius 2 is 2.25 bits per heavy atom. The predicted octanol–water partition coefficient (Wildman–Crippen LogP) is 0.921. The van der Waals surface area contributed by atoms with Crippen LogP contribution in [0.3, 0.4) is 0 Å². The van der Waals surface area contributed by atoms with Crippen LogP contribution in [0.15, 0.2) is 6.20 Å². The van der Waals surface area contributed by atoms with Crippen molar-refractivity contribution in [2.75, 3.05) is 26.9 Å². The van der Waals surface area contributed by atoms with Crippen molar-refractivity contribution in [3.05, 3.63) is 11.9 Å². The molecule has 20 heavy (non-hydrogen) atoms. The summed E-state index contributed by atoms with van der Waals surface area (Å²) >= 11 is 0.